The molecule has 0 saturated heterocycles. The third-order valence-corrected chi connectivity index (χ3v) is 3.30. The molecule has 0 fully saturated rings. The number of carbonyl (C=O) groups excluding carboxylic acids is 1. The topological polar surface area (TPSA) is 42.9 Å². The average Bonchev–Trinajstić information content (AvgIpc) is 2.53. The van der Waals surface area contributed by atoms with Gasteiger partial charge in [0.15, 0.2) is 5.78 Å². The van der Waals surface area contributed by atoms with Crippen molar-refractivity contribution < 1.29 is 4.79 Å². The first kappa shape index (κ1) is 13.5. The van der Waals surface area contributed by atoms with Gasteiger partial charge in [0.1, 0.15) is 0 Å². The van der Waals surface area contributed by atoms with Crippen LogP contribution in [0.4, 0.5) is 0 Å². The Morgan fingerprint density at radius 3 is 2.43 bits per heavy atom. The first-order valence-electron chi connectivity index (χ1n) is 6.41. The highest BCUT2D eigenvalue weighted by atomic mass is 35.5. The predicted octanol–water partition coefficient (Wildman–Crippen LogP) is 4.18. The summed E-state index contributed by atoms with van der Waals surface area (Å²) in [5, 5.41) is 0.673. The molecule has 0 aliphatic rings. The van der Waals surface area contributed by atoms with Gasteiger partial charge < -0.3 is 0 Å². The van der Waals surface area contributed by atoms with Crippen molar-refractivity contribution in [2.75, 3.05) is 0 Å². The lowest BCUT2D eigenvalue weighted by atomic mass is 10.1. The second kappa shape index (κ2) is 5.85. The lowest BCUT2D eigenvalue weighted by molar-refractivity contribution is 0.104. The zero-order valence-electron chi connectivity index (χ0n) is 11.0. The maximum atomic E-state index is 12.2. The van der Waals surface area contributed by atoms with E-state index in [4.69, 9.17) is 11.6 Å². The van der Waals surface area contributed by atoms with Crippen LogP contribution in [0.25, 0.3) is 17.1 Å². The Kier molecular flexibility index (Phi) is 3.75. The second-order valence-electron chi connectivity index (χ2n) is 4.51. The van der Waals surface area contributed by atoms with Gasteiger partial charge in [-0.1, -0.05) is 29.8 Å². The predicted molar refractivity (Wildman–Crippen MR) is 84.4 cm³/mol. The van der Waals surface area contributed by atoms with Crippen LogP contribution in [0, 0.1) is 0 Å². The number of aromatic nitrogens is 2. The molecule has 0 radical (unpaired) electrons. The fourth-order valence-corrected chi connectivity index (χ4v) is 2.08. The molecule has 0 bridgehead atoms. The SMILES string of the molecule is O=C(/C=C/c1ccc(Cl)cc1)c1ccc2nccnc2c1. The molecule has 3 aromatic rings. The summed E-state index contributed by atoms with van der Waals surface area (Å²) in [5.41, 5.74) is 3.00. The molecule has 102 valence electrons. The molecule has 4 heteroatoms. The molecule has 3 rings (SSSR count). The number of hydrogen-bond acceptors (Lipinski definition) is 3. The van der Waals surface area contributed by atoms with Crippen molar-refractivity contribution in [1.82, 2.24) is 9.97 Å². The summed E-state index contributed by atoms with van der Waals surface area (Å²) in [5.74, 6) is -0.0718. The van der Waals surface area contributed by atoms with Crippen molar-refractivity contribution in [2.24, 2.45) is 0 Å². The minimum absolute atomic E-state index is 0.0718. The van der Waals surface area contributed by atoms with Crippen molar-refractivity contribution in [1.29, 1.82) is 0 Å². The molecule has 0 atom stereocenters. The number of halogens is 1. The third-order valence-electron chi connectivity index (χ3n) is 3.05. The Labute approximate surface area is 126 Å². The monoisotopic (exact) mass is 294 g/mol. The van der Waals surface area contributed by atoms with Crippen LogP contribution in [-0.2, 0) is 0 Å². The molecule has 21 heavy (non-hydrogen) atoms. The maximum Gasteiger partial charge on any atom is 0.185 e. The number of allylic oxidation sites excluding steroid dienone is 1. The van der Waals surface area contributed by atoms with E-state index in [9.17, 15) is 4.79 Å². The lowest BCUT2D eigenvalue weighted by Crippen LogP contribution is -1.95. The normalized spacial score (nSPS) is 11.1. The molecule has 0 saturated carbocycles. The van der Waals surface area contributed by atoms with E-state index in [0.717, 1.165) is 11.1 Å². The van der Waals surface area contributed by atoms with Crippen molar-refractivity contribution in [3.8, 4) is 0 Å². The Morgan fingerprint density at radius 2 is 1.67 bits per heavy atom. The van der Waals surface area contributed by atoms with E-state index in [1.807, 2.05) is 12.1 Å². The molecule has 0 amide bonds. The van der Waals surface area contributed by atoms with E-state index in [2.05, 4.69) is 9.97 Å². The van der Waals surface area contributed by atoms with E-state index in [1.54, 1.807) is 54.9 Å². The average molecular weight is 295 g/mol. The van der Waals surface area contributed by atoms with Gasteiger partial charge >= 0.3 is 0 Å². The Bertz CT molecular complexity index is 826. The number of rotatable bonds is 3. The van der Waals surface area contributed by atoms with Crippen molar-refractivity contribution in [3.05, 3.63) is 77.1 Å². The van der Waals surface area contributed by atoms with Crippen molar-refractivity contribution in [3.63, 3.8) is 0 Å². The molecule has 0 N–H and O–H groups in total. The zero-order chi connectivity index (χ0) is 14.7. The number of carbonyl (C=O) groups is 1. The summed E-state index contributed by atoms with van der Waals surface area (Å²) in [6, 6.07) is 12.6. The largest absolute Gasteiger partial charge is 0.289 e. The van der Waals surface area contributed by atoms with Crippen molar-refractivity contribution in [2.45, 2.75) is 0 Å². The number of hydrogen-bond donors (Lipinski definition) is 0. The van der Waals surface area contributed by atoms with Crippen LogP contribution < -0.4 is 0 Å². The first-order chi connectivity index (χ1) is 10.2. The van der Waals surface area contributed by atoms with E-state index in [1.165, 1.54) is 0 Å². The van der Waals surface area contributed by atoms with Gasteiger partial charge in [-0.15, -0.1) is 0 Å². The van der Waals surface area contributed by atoms with Crippen LogP contribution in [0.3, 0.4) is 0 Å². The van der Waals surface area contributed by atoms with Gasteiger partial charge in [-0.2, -0.15) is 0 Å². The van der Waals surface area contributed by atoms with Crippen molar-refractivity contribution >= 4 is 34.5 Å². The number of benzene rings is 2. The van der Waals surface area contributed by atoms with Gasteiger partial charge in [-0.3, -0.25) is 14.8 Å². The lowest BCUT2D eigenvalue weighted by Gasteiger charge is -1.99. The third kappa shape index (κ3) is 3.15. The van der Waals surface area contributed by atoms with E-state index < -0.39 is 0 Å². The fraction of sp³-hybridized carbons (Fsp3) is 0. The first-order valence-corrected chi connectivity index (χ1v) is 6.79. The summed E-state index contributed by atoms with van der Waals surface area (Å²) in [6.45, 7) is 0. The van der Waals surface area contributed by atoms with Gasteiger partial charge in [0.05, 0.1) is 11.0 Å². The van der Waals surface area contributed by atoms with Gasteiger partial charge in [0, 0.05) is 23.0 Å². The molecule has 0 aliphatic carbocycles. The maximum absolute atomic E-state index is 12.2. The van der Waals surface area contributed by atoms with Gasteiger partial charge in [-0.25, -0.2) is 0 Å². The highest BCUT2D eigenvalue weighted by Gasteiger charge is 2.04. The molecule has 1 heterocycles. The molecular weight excluding hydrogens is 284 g/mol. The van der Waals surface area contributed by atoms with Crippen LogP contribution in [0.1, 0.15) is 15.9 Å². The van der Waals surface area contributed by atoms with Gasteiger partial charge in [-0.05, 0) is 42.0 Å². The standard InChI is InChI=1S/C17H11ClN2O/c18-14-5-1-12(2-6-14)3-8-17(21)13-4-7-15-16(11-13)20-10-9-19-15/h1-11H/b8-3+. The second-order valence-corrected chi connectivity index (χ2v) is 4.95. The quantitative estimate of drug-likeness (QED) is 0.537. The van der Waals surface area contributed by atoms with Gasteiger partial charge in [0.25, 0.3) is 0 Å². The number of nitrogens with zero attached hydrogens (tertiary/aromatic N) is 2. The van der Waals surface area contributed by atoms with Crippen LogP contribution in [0.2, 0.25) is 5.02 Å². The summed E-state index contributed by atoms with van der Waals surface area (Å²) < 4.78 is 0. The Hall–Kier alpha value is -2.52. The Morgan fingerprint density at radius 1 is 0.952 bits per heavy atom. The summed E-state index contributed by atoms with van der Waals surface area (Å²) in [4.78, 5) is 20.5. The minimum atomic E-state index is -0.0718. The zero-order valence-corrected chi connectivity index (χ0v) is 11.8. The molecular formula is C17H11ClN2O. The van der Waals surface area contributed by atoms with Crippen LogP contribution in [0.15, 0.2) is 60.9 Å². The van der Waals surface area contributed by atoms with E-state index in [-0.39, 0.29) is 5.78 Å². The number of ketones is 1. The minimum Gasteiger partial charge on any atom is -0.289 e. The summed E-state index contributed by atoms with van der Waals surface area (Å²) in [7, 11) is 0. The summed E-state index contributed by atoms with van der Waals surface area (Å²) >= 11 is 5.82. The van der Waals surface area contributed by atoms with Crippen LogP contribution in [0.5, 0.6) is 0 Å². The number of fused-ring (bicyclic) bond motifs is 1. The summed E-state index contributed by atoms with van der Waals surface area (Å²) in [6.07, 6.45) is 6.55. The Balaban J connectivity index is 1.84. The van der Waals surface area contributed by atoms with E-state index >= 15 is 0 Å². The molecule has 2 aromatic carbocycles. The highest BCUT2D eigenvalue weighted by molar-refractivity contribution is 6.30. The fourth-order valence-electron chi connectivity index (χ4n) is 1.96. The molecule has 0 aliphatic heterocycles. The molecule has 0 unspecified atom stereocenters. The molecule has 3 nitrogen and oxygen atoms in total. The van der Waals surface area contributed by atoms with Crippen LogP contribution in [-0.4, -0.2) is 15.8 Å². The molecule has 0 spiro atoms. The van der Waals surface area contributed by atoms with Crippen LogP contribution >= 0.6 is 11.6 Å². The van der Waals surface area contributed by atoms with E-state index in [0.29, 0.717) is 16.1 Å². The molecule has 1 aromatic heterocycles. The van der Waals surface area contributed by atoms with Gasteiger partial charge in [0.2, 0.25) is 0 Å². The smallest absolute Gasteiger partial charge is 0.185 e. The highest BCUT2D eigenvalue weighted by Crippen LogP contribution is 2.14.